The second kappa shape index (κ2) is 7.61. The lowest BCUT2D eigenvalue weighted by Gasteiger charge is -2.45. The fourth-order valence-electron chi connectivity index (χ4n) is 3.87. The number of likely N-dealkylation sites (N-methyl/N-ethyl adjacent to an activating group) is 1. The molecule has 142 valence electrons. The number of esters is 1. The zero-order valence-corrected chi connectivity index (χ0v) is 16.2. The van der Waals surface area contributed by atoms with Gasteiger partial charge >= 0.3 is 5.97 Å². The van der Waals surface area contributed by atoms with Crippen molar-refractivity contribution in [3.63, 3.8) is 0 Å². The van der Waals surface area contributed by atoms with Gasteiger partial charge in [0.1, 0.15) is 0 Å². The van der Waals surface area contributed by atoms with Gasteiger partial charge in [-0.25, -0.2) is 9.78 Å². The first-order chi connectivity index (χ1) is 12.5. The van der Waals surface area contributed by atoms with E-state index in [2.05, 4.69) is 45.7 Å². The lowest BCUT2D eigenvalue weighted by atomic mass is 9.76. The van der Waals surface area contributed by atoms with Gasteiger partial charge in [-0.05, 0) is 52.6 Å². The molecule has 0 amide bonds. The van der Waals surface area contributed by atoms with Crippen LogP contribution < -0.4 is 0 Å². The maximum absolute atomic E-state index is 12.2. The Labute approximate surface area is 154 Å². The molecule has 2 heterocycles. The van der Waals surface area contributed by atoms with E-state index in [1.807, 2.05) is 6.33 Å². The molecule has 0 spiro atoms. The van der Waals surface area contributed by atoms with Crippen molar-refractivity contribution in [2.75, 3.05) is 20.7 Å². The second-order valence-corrected chi connectivity index (χ2v) is 7.59. The van der Waals surface area contributed by atoms with E-state index in [9.17, 15) is 4.79 Å². The molecule has 1 aliphatic carbocycles. The molecule has 1 N–H and O–H groups in total. The van der Waals surface area contributed by atoms with Crippen molar-refractivity contribution in [3.05, 3.63) is 24.4 Å². The van der Waals surface area contributed by atoms with Gasteiger partial charge in [0.25, 0.3) is 0 Å². The predicted octanol–water partition coefficient (Wildman–Crippen LogP) is 2.96. The molecule has 7 nitrogen and oxygen atoms in total. The predicted molar refractivity (Wildman–Crippen MR) is 99.8 cm³/mol. The summed E-state index contributed by atoms with van der Waals surface area (Å²) in [7, 11) is 4.32. The van der Waals surface area contributed by atoms with Gasteiger partial charge in [0.2, 0.25) is 0 Å². The molecule has 0 radical (unpaired) electrons. The fraction of sp³-hybridized carbons (Fsp3) is 0.632. The average Bonchev–Trinajstić information content (AvgIpc) is 3.25. The highest BCUT2D eigenvalue weighted by molar-refractivity contribution is 5.94. The van der Waals surface area contributed by atoms with Crippen LogP contribution in [0.25, 0.3) is 11.3 Å². The number of carbonyl (C=O) groups is 1. The van der Waals surface area contributed by atoms with E-state index in [1.54, 1.807) is 19.3 Å². The lowest BCUT2D eigenvalue weighted by molar-refractivity contribution is 0.0520. The summed E-state index contributed by atoms with van der Waals surface area (Å²) < 4.78 is 7.28. The minimum Gasteiger partial charge on any atom is -0.461 e. The minimum atomic E-state index is -0.387. The van der Waals surface area contributed by atoms with E-state index in [-0.39, 0.29) is 11.5 Å². The summed E-state index contributed by atoms with van der Waals surface area (Å²) in [5.74, 6) is 0.399. The van der Waals surface area contributed by atoms with E-state index in [0.717, 1.165) is 36.6 Å². The van der Waals surface area contributed by atoms with Crippen LogP contribution in [0.3, 0.4) is 0 Å². The Balaban J connectivity index is 1.90. The van der Waals surface area contributed by atoms with Crippen molar-refractivity contribution in [1.82, 2.24) is 24.6 Å². The van der Waals surface area contributed by atoms with E-state index >= 15 is 0 Å². The van der Waals surface area contributed by atoms with Crippen LogP contribution in [0.15, 0.2) is 18.7 Å². The van der Waals surface area contributed by atoms with Crippen LogP contribution in [0.1, 0.15) is 50.0 Å². The number of nitrogens with one attached hydrogen (secondary N) is 1. The van der Waals surface area contributed by atoms with Gasteiger partial charge < -0.3 is 14.2 Å². The Hall–Kier alpha value is -2.15. The Kier molecular flexibility index (Phi) is 5.46. The van der Waals surface area contributed by atoms with Crippen LogP contribution in [0.5, 0.6) is 0 Å². The zero-order valence-electron chi connectivity index (χ0n) is 16.2. The van der Waals surface area contributed by atoms with Crippen molar-refractivity contribution in [2.24, 2.45) is 5.92 Å². The first kappa shape index (κ1) is 18.6. The lowest BCUT2D eigenvalue weighted by Crippen LogP contribution is -2.50. The first-order valence-electron chi connectivity index (χ1n) is 9.35. The zero-order chi connectivity index (χ0) is 18.7. The summed E-state index contributed by atoms with van der Waals surface area (Å²) in [6, 6.07) is 0. The van der Waals surface area contributed by atoms with Gasteiger partial charge in [-0.1, -0.05) is 6.92 Å². The van der Waals surface area contributed by atoms with Gasteiger partial charge in [0, 0.05) is 12.1 Å². The highest BCUT2D eigenvalue weighted by Crippen LogP contribution is 2.37. The number of imidazole rings is 1. The number of ether oxygens (including phenoxy) is 1. The molecular formula is C19H29N5O2. The number of H-pyrrole nitrogens is 1. The summed E-state index contributed by atoms with van der Waals surface area (Å²) in [6.07, 6.45) is 10.1. The standard InChI is InChI=1S/C19H29N5O2/c1-5-26-18(25)17-15(10-21-22-17)16-11-20-13-24(16)12-19(23(3)4)8-6-14(2)7-9-19/h10-11,13-14H,5-9,12H2,1-4H3,(H,21,22). The number of carbonyl (C=O) groups excluding carboxylic acids is 1. The average molecular weight is 359 g/mol. The smallest absolute Gasteiger partial charge is 0.357 e. The molecule has 0 saturated heterocycles. The molecular weight excluding hydrogens is 330 g/mol. The molecule has 1 aliphatic rings. The molecule has 26 heavy (non-hydrogen) atoms. The van der Waals surface area contributed by atoms with E-state index in [4.69, 9.17) is 4.74 Å². The number of aromatic amines is 1. The summed E-state index contributed by atoms with van der Waals surface area (Å²) in [5.41, 5.74) is 2.11. The Morgan fingerprint density at radius 3 is 2.77 bits per heavy atom. The van der Waals surface area contributed by atoms with Crippen LogP contribution >= 0.6 is 0 Å². The van der Waals surface area contributed by atoms with Gasteiger partial charge in [0.05, 0.1) is 36.6 Å². The summed E-state index contributed by atoms with van der Waals surface area (Å²) >= 11 is 0. The fourth-order valence-corrected chi connectivity index (χ4v) is 3.87. The molecule has 3 rings (SSSR count). The second-order valence-electron chi connectivity index (χ2n) is 7.59. The monoisotopic (exact) mass is 359 g/mol. The minimum absolute atomic E-state index is 0.107. The maximum Gasteiger partial charge on any atom is 0.357 e. The van der Waals surface area contributed by atoms with Gasteiger partial charge in [-0.15, -0.1) is 0 Å². The number of hydrogen-bond acceptors (Lipinski definition) is 5. The highest BCUT2D eigenvalue weighted by atomic mass is 16.5. The van der Waals surface area contributed by atoms with Gasteiger partial charge in [0.15, 0.2) is 5.69 Å². The number of nitrogens with zero attached hydrogens (tertiary/aromatic N) is 4. The van der Waals surface area contributed by atoms with Crippen molar-refractivity contribution >= 4 is 5.97 Å². The number of aromatic nitrogens is 4. The summed E-state index contributed by atoms with van der Waals surface area (Å²) in [5, 5.41) is 6.83. The molecule has 0 aromatic carbocycles. The van der Waals surface area contributed by atoms with Crippen molar-refractivity contribution in [3.8, 4) is 11.3 Å². The molecule has 1 saturated carbocycles. The topological polar surface area (TPSA) is 76.0 Å². The SMILES string of the molecule is CCOC(=O)c1[nH]ncc1-c1cncn1CC1(N(C)C)CCC(C)CC1. The van der Waals surface area contributed by atoms with Crippen LogP contribution in [-0.4, -0.2) is 56.9 Å². The molecule has 2 aromatic rings. The maximum atomic E-state index is 12.2. The van der Waals surface area contributed by atoms with Crippen LogP contribution in [0.4, 0.5) is 0 Å². The third-order valence-corrected chi connectivity index (χ3v) is 5.73. The van der Waals surface area contributed by atoms with Crippen molar-refractivity contribution in [2.45, 2.75) is 51.6 Å². The van der Waals surface area contributed by atoms with Gasteiger partial charge in [-0.3, -0.25) is 5.10 Å². The number of hydrogen-bond donors (Lipinski definition) is 1. The largest absolute Gasteiger partial charge is 0.461 e. The Morgan fingerprint density at radius 2 is 2.12 bits per heavy atom. The van der Waals surface area contributed by atoms with Crippen molar-refractivity contribution in [1.29, 1.82) is 0 Å². The normalized spacial score (nSPS) is 23.3. The number of rotatable bonds is 6. The van der Waals surface area contributed by atoms with E-state index in [1.165, 1.54) is 12.8 Å². The van der Waals surface area contributed by atoms with Crippen LogP contribution in [-0.2, 0) is 11.3 Å². The van der Waals surface area contributed by atoms with Crippen LogP contribution in [0.2, 0.25) is 0 Å². The quantitative estimate of drug-likeness (QED) is 0.803. The molecule has 0 atom stereocenters. The molecule has 7 heteroatoms. The molecule has 0 aliphatic heterocycles. The summed E-state index contributed by atoms with van der Waals surface area (Å²) in [4.78, 5) is 18.9. The van der Waals surface area contributed by atoms with E-state index < -0.39 is 0 Å². The van der Waals surface area contributed by atoms with E-state index in [0.29, 0.717) is 12.3 Å². The Morgan fingerprint density at radius 1 is 1.38 bits per heavy atom. The Bertz CT molecular complexity index is 741. The molecule has 0 bridgehead atoms. The van der Waals surface area contributed by atoms with Crippen LogP contribution in [0, 0.1) is 5.92 Å². The third kappa shape index (κ3) is 3.53. The molecule has 0 unspecified atom stereocenters. The van der Waals surface area contributed by atoms with Gasteiger partial charge in [-0.2, -0.15) is 5.10 Å². The highest BCUT2D eigenvalue weighted by Gasteiger charge is 2.37. The molecule has 2 aromatic heterocycles. The first-order valence-corrected chi connectivity index (χ1v) is 9.35. The van der Waals surface area contributed by atoms with Crippen molar-refractivity contribution < 1.29 is 9.53 Å². The molecule has 1 fully saturated rings. The third-order valence-electron chi connectivity index (χ3n) is 5.73. The summed E-state index contributed by atoms with van der Waals surface area (Å²) in [6.45, 7) is 5.30.